The van der Waals surface area contributed by atoms with E-state index in [9.17, 15) is 9.59 Å². The van der Waals surface area contributed by atoms with Crippen LogP contribution in [0.4, 0.5) is 5.69 Å². The van der Waals surface area contributed by atoms with Crippen molar-refractivity contribution in [3.63, 3.8) is 0 Å². The molecule has 1 aromatic carbocycles. The lowest BCUT2D eigenvalue weighted by Crippen LogP contribution is -2.44. The topological polar surface area (TPSA) is 43.9 Å². The molecule has 5 nitrogen and oxygen atoms in total. The third-order valence-electron chi connectivity index (χ3n) is 5.60. The average molecular weight is 341 g/mol. The van der Waals surface area contributed by atoms with Crippen LogP contribution in [0.1, 0.15) is 31.2 Å². The Labute approximate surface area is 149 Å². The first-order valence-corrected chi connectivity index (χ1v) is 9.62. The van der Waals surface area contributed by atoms with Crippen LogP contribution in [0.2, 0.25) is 0 Å². The smallest absolute Gasteiger partial charge is 0.241 e. The second-order valence-corrected chi connectivity index (χ2v) is 7.51. The second-order valence-electron chi connectivity index (χ2n) is 7.51. The summed E-state index contributed by atoms with van der Waals surface area (Å²) in [6.07, 6.45) is 5.18. The van der Waals surface area contributed by atoms with Crippen molar-refractivity contribution >= 4 is 17.5 Å². The van der Waals surface area contributed by atoms with E-state index in [1.807, 2.05) is 21.9 Å². The van der Waals surface area contributed by atoms with E-state index in [-0.39, 0.29) is 11.8 Å². The van der Waals surface area contributed by atoms with E-state index in [0.29, 0.717) is 12.5 Å². The van der Waals surface area contributed by atoms with Crippen molar-refractivity contribution in [1.82, 2.24) is 9.80 Å². The fourth-order valence-electron chi connectivity index (χ4n) is 4.01. The molecule has 2 aliphatic heterocycles. The molecule has 3 aliphatic rings. The first-order valence-electron chi connectivity index (χ1n) is 9.62. The summed E-state index contributed by atoms with van der Waals surface area (Å²) in [5.74, 6) is 0.810. The van der Waals surface area contributed by atoms with Gasteiger partial charge in [0.05, 0.1) is 6.54 Å². The highest BCUT2D eigenvalue weighted by Crippen LogP contribution is 2.31. The standard InChI is InChI=1S/C20H27N3O2/c24-19(23-12-3-6-16-5-1-2-7-18(16)23)15-21-10-4-11-22(14-13-21)20(25)17-8-9-17/h1-2,5,7,17H,3-4,6,8-15H2. The van der Waals surface area contributed by atoms with Gasteiger partial charge in [-0.25, -0.2) is 0 Å². The normalized spacial score (nSPS) is 21.6. The van der Waals surface area contributed by atoms with E-state index in [4.69, 9.17) is 0 Å². The SMILES string of the molecule is O=C(C1CC1)N1CCCN(CC(=O)N2CCCc3ccccc32)CC1. The minimum absolute atomic E-state index is 0.189. The fraction of sp³-hybridized carbons (Fsp3) is 0.600. The molecule has 5 heteroatoms. The number of fused-ring (bicyclic) bond motifs is 1. The molecule has 0 N–H and O–H groups in total. The molecular weight excluding hydrogens is 314 g/mol. The molecule has 1 aliphatic carbocycles. The van der Waals surface area contributed by atoms with Gasteiger partial charge in [-0.1, -0.05) is 18.2 Å². The minimum Gasteiger partial charge on any atom is -0.341 e. The number of rotatable bonds is 3. The molecule has 1 saturated heterocycles. The van der Waals surface area contributed by atoms with Gasteiger partial charge in [-0.3, -0.25) is 14.5 Å². The molecule has 0 aromatic heterocycles. The van der Waals surface area contributed by atoms with Crippen molar-refractivity contribution in [3.05, 3.63) is 29.8 Å². The van der Waals surface area contributed by atoms with Crippen LogP contribution in [0.3, 0.4) is 0 Å². The van der Waals surface area contributed by atoms with Crippen molar-refractivity contribution < 1.29 is 9.59 Å². The van der Waals surface area contributed by atoms with Crippen LogP contribution in [0.5, 0.6) is 0 Å². The van der Waals surface area contributed by atoms with Crippen molar-refractivity contribution in [2.24, 2.45) is 5.92 Å². The predicted octanol–water partition coefficient (Wildman–Crippen LogP) is 1.91. The third kappa shape index (κ3) is 3.71. The number of hydrogen-bond donors (Lipinski definition) is 0. The van der Waals surface area contributed by atoms with Gasteiger partial charge in [-0.2, -0.15) is 0 Å². The van der Waals surface area contributed by atoms with Crippen molar-refractivity contribution in [1.29, 1.82) is 0 Å². The van der Waals surface area contributed by atoms with Crippen molar-refractivity contribution in [2.45, 2.75) is 32.1 Å². The summed E-state index contributed by atoms with van der Waals surface area (Å²) in [5.41, 5.74) is 2.36. The number of carbonyl (C=O) groups excluding carboxylic acids is 2. The highest BCUT2D eigenvalue weighted by Gasteiger charge is 2.34. The van der Waals surface area contributed by atoms with Gasteiger partial charge in [-0.15, -0.1) is 0 Å². The third-order valence-corrected chi connectivity index (χ3v) is 5.60. The first-order chi connectivity index (χ1) is 12.2. The number of anilines is 1. The Kier molecular flexibility index (Phi) is 4.75. The summed E-state index contributed by atoms with van der Waals surface area (Å²) in [5, 5.41) is 0. The Morgan fingerprint density at radius 2 is 1.80 bits per heavy atom. The van der Waals surface area contributed by atoms with Gasteiger partial charge in [0.15, 0.2) is 0 Å². The van der Waals surface area contributed by atoms with Crippen LogP contribution < -0.4 is 4.90 Å². The molecular formula is C20H27N3O2. The lowest BCUT2D eigenvalue weighted by molar-refractivity contribution is -0.132. The summed E-state index contributed by atoms with van der Waals surface area (Å²) < 4.78 is 0. The van der Waals surface area contributed by atoms with Crippen LogP contribution >= 0.6 is 0 Å². The summed E-state index contributed by atoms with van der Waals surface area (Å²) in [6.45, 7) is 4.58. The van der Waals surface area contributed by atoms with E-state index in [2.05, 4.69) is 17.0 Å². The summed E-state index contributed by atoms with van der Waals surface area (Å²) in [7, 11) is 0. The molecule has 0 bridgehead atoms. The van der Waals surface area contributed by atoms with Gasteiger partial charge in [0.25, 0.3) is 0 Å². The van der Waals surface area contributed by atoms with Crippen molar-refractivity contribution in [2.75, 3.05) is 44.2 Å². The van der Waals surface area contributed by atoms with Crippen molar-refractivity contribution in [3.8, 4) is 0 Å². The molecule has 2 fully saturated rings. The zero-order valence-corrected chi connectivity index (χ0v) is 14.8. The molecule has 2 amide bonds. The fourth-order valence-corrected chi connectivity index (χ4v) is 4.01. The van der Waals surface area contributed by atoms with E-state index in [1.54, 1.807) is 0 Å². The molecule has 2 heterocycles. The Hall–Kier alpha value is -1.88. The van der Waals surface area contributed by atoms with E-state index < -0.39 is 0 Å². The van der Waals surface area contributed by atoms with Gasteiger partial charge in [0, 0.05) is 44.3 Å². The molecule has 134 valence electrons. The number of para-hydroxylation sites is 1. The zero-order chi connectivity index (χ0) is 17.2. The number of benzene rings is 1. The van der Waals surface area contributed by atoms with E-state index >= 15 is 0 Å². The molecule has 25 heavy (non-hydrogen) atoms. The number of carbonyl (C=O) groups is 2. The van der Waals surface area contributed by atoms with Crippen LogP contribution in [0.15, 0.2) is 24.3 Å². The number of nitrogens with zero attached hydrogens (tertiary/aromatic N) is 3. The molecule has 1 aromatic rings. The Morgan fingerprint density at radius 1 is 0.960 bits per heavy atom. The lowest BCUT2D eigenvalue weighted by atomic mass is 10.0. The van der Waals surface area contributed by atoms with Gasteiger partial charge >= 0.3 is 0 Å². The van der Waals surface area contributed by atoms with Crippen LogP contribution in [-0.2, 0) is 16.0 Å². The van der Waals surface area contributed by atoms with Gasteiger partial charge in [0.1, 0.15) is 0 Å². The van der Waals surface area contributed by atoms with Gasteiger partial charge < -0.3 is 9.80 Å². The van der Waals surface area contributed by atoms with Gasteiger partial charge in [0.2, 0.25) is 11.8 Å². The highest BCUT2D eigenvalue weighted by atomic mass is 16.2. The average Bonchev–Trinajstić information content (AvgIpc) is 3.48. The Balaban J connectivity index is 1.36. The maximum Gasteiger partial charge on any atom is 0.241 e. The number of hydrogen-bond acceptors (Lipinski definition) is 3. The quantitative estimate of drug-likeness (QED) is 0.844. The number of amides is 2. The monoisotopic (exact) mass is 341 g/mol. The second kappa shape index (κ2) is 7.16. The maximum atomic E-state index is 12.9. The van der Waals surface area contributed by atoms with Gasteiger partial charge in [-0.05, 0) is 43.7 Å². The predicted molar refractivity (Wildman–Crippen MR) is 97.5 cm³/mol. The largest absolute Gasteiger partial charge is 0.341 e. The molecule has 4 rings (SSSR count). The molecule has 0 radical (unpaired) electrons. The van der Waals surface area contributed by atoms with Crippen LogP contribution in [-0.4, -0.2) is 60.9 Å². The molecule has 1 saturated carbocycles. The summed E-state index contributed by atoms with van der Waals surface area (Å²) in [6, 6.07) is 8.25. The molecule has 0 atom stereocenters. The van der Waals surface area contributed by atoms with E-state index in [0.717, 1.165) is 70.5 Å². The maximum absolute atomic E-state index is 12.9. The zero-order valence-electron chi connectivity index (χ0n) is 14.8. The van der Waals surface area contributed by atoms with Crippen LogP contribution in [0.25, 0.3) is 0 Å². The lowest BCUT2D eigenvalue weighted by Gasteiger charge is -2.31. The molecule has 0 unspecified atom stereocenters. The Morgan fingerprint density at radius 3 is 2.64 bits per heavy atom. The summed E-state index contributed by atoms with van der Waals surface area (Å²) in [4.78, 5) is 31.3. The minimum atomic E-state index is 0.189. The van der Waals surface area contributed by atoms with Crippen LogP contribution in [0, 0.1) is 5.92 Å². The summed E-state index contributed by atoms with van der Waals surface area (Å²) >= 11 is 0. The molecule has 0 spiro atoms. The van der Waals surface area contributed by atoms with E-state index in [1.165, 1.54) is 5.56 Å². The first kappa shape index (κ1) is 16.6. The highest BCUT2D eigenvalue weighted by molar-refractivity contribution is 5.96. The Bertz CT molecular complexity index is 656. The number of aryl methyl sites for hydroxylation is 1.